The van der Waals surface area contributed by atoms with Gasteiger partial charge in [-0.25, -0.2) is 0 Å². The maximum atomic E-state index is 9.07. The van der Waals surface area contributed by atoms with Gasteiger partial charge in [0.2, 0.25) is 0 Å². The van der Waals surface area contributed by atoms with Crippen LogP contribution in [-0.2, 0) is 4.84 Å². The van der Waals surface area contributed by atoms with E-state index >= 15 is 0 Å². The van der Waals surface area contributed by atoms with Crippen molar-refractivity contribution in [3.63, 3.8) is 0 Å². The van der Waals surface area contributed by atoms with Gasteiger partial charge in [0.15, 0.2) is 6.23 Å². The molecule has 6 heteroatoms. The molecule has 0 amide bonds. The second-order valence-corrected chi connectivity index (χ2v) is 2.38. The van der Waals surface area contributed by atoms with Crippen molar-refractivity contribution in [2.45, 2.75) is 24.5 Å². The van der Waals surface area contributed by atoms with Crippen LogP contribution < -0.4 is 5.48 Å². The molecular weight excluding hydrogens is 154 g/mol. The van der Waals surface area contributed by atoms with E-state index in [2.05, 4.69) is 4.84 Å². The molecule has 0 aromatic carbocycles. The molecule has 4 unspecified atom stereocenters. The number of hydrogen-bond acceptors (Lipinski definition) is 6. The monoisotopic (exact) mass is 165 g/mol. The average molecular weight is 165 g/mol. The lowest BCUT2D eigenvalue weighted by molar-refractivity contribution is -0.243. The molecule has 1 heterocycles. The third-order valence-electron chi connectivity index (χ3n) is 1.57. The molecule has 0 aromatic rings. The van der Waals surface area contributed by atoms with E-state index < -0.39 is 31.1 Å². The van der Waals surface area contributed by atoms with Crippen molar-refractivity contribution in [3.8, 4) is 0 Å². The molecule has 5 N–H and O–H groups in total. The highest BCUT2D eigenvalue weighted by Gasteiger charge is 2.36. The molecule has 1 fully saturated rings. The van der Waals surface area contributed by atoms with Crippen LogP contribution in [0.4, 0.5) is 0 Å². The topological polar surface area (TPSA) is 102 Å². The van der Waals surface area contributed by atoms with Gasteiger partial charge in [0, 0.05) is 0 Å². The second kappa shape index (κ2) is 3.44. The Hall–Kier alpha value is -0.240. The fraction of sp³-hybridized carbons (Fsp3) is 1.00. The van der Waals surface area contributed by atoms with Crippen molar-refractivity contribution in [1.82, 2.24) is 5.48 Å². The Morgan fingerprint density at radius 2 is 1.82 bits per heavy atom. The first kappa shape index (κ1) is 8.85. The predicted octanol–water partition coefficient (Wildman–Crippen LogP) is -3.08. The Kier molecular flexibility index (Phi) is 2.77. The van der Waals surface area contributed by atoms with Gasteiger partial charge in [0.25, 0.3) is 0 Å². The van der Waals surface area contributed by atoms with E-state index in [0.717, 1.165) is 0 Å². The zero-order chi connectivity index (χ0) is 8.43. The van der Waals surface area contributed by atoms with E-state index in [4.69, 9.17) is 20.4 Å². The van der Waals surface area contributed by atoms with E-state index in [1.165, 1.54) is 0 Å². The van der Waals surface area contributed by atoms with E-state index in [-0.39, 0.29) is 0 Å². The van der Waals surface area contributed by atoms with Gasteiger partial charge in [0.05, 0.1) is 6.61 Å². The number of nitrogens with one attached hydrogen (secondary N) is 1. The normalized spacial score (nSPS) is 45.8. The second-order valence-electron chi connectivity index (χ2n) is 2.38. The summed E-state index contributed by atoms with van der Waals surface area (Å²) in [6.07, 6.45) is -4.81. The fourth-order valence-electron chi connectivity index (χ4n) is 0.848. The summed E-state index contributed by atoms with van der Waals surface area (Å²) >= 11 is 0. The van der Waals surface area contributed by atoms with Crippen LogP contribution in [0.15, 0.2) is 0 Å². The minimum absolute atomic E-state index is 0.419. The highest BCUT2D eigenvalue weighted by molar-refractivity contribution is 4.82. The standard InChI is InChI=1S/C5H11NO5/c7-1-2-3(8)4(9)5(10)6-11-2/h2-10H,1H2. The van der Waals surface area contributed by atoms with Gasteiger partial charge in [-0.3, -0.25) is 4.84 Å². The molecule has 6 nitrogen and oxygen atoms in total. The highest BCUT2D eigenvalue weighted by atomic mass is 16.7. The first-order valence-corrected chi connectivity index (χ1v) is 3.23. The van der Waals surface area contributed by atoms with Crippen molar-refractivity contribution in [2.75, 3.05) is 6.61 Å². The number of aliphatic hydroxyl groups excluding tert-OH is 4. The lowest BCUT2D eigenvalue weighted by atomic mass is 10.1. The molecule has 1 saturated heterocycles. The third kappa shape index (κ3) is 1.67. The van der Waals surface area contributed by atoms with Crippen molar-refractivity contribution in [2.24, 2.45) is 0 Å². The zero-order valence-electron chi connectivity index (χ0n) is 5.71. The Morgan fingerprint density at radius 1 is 1.18 bits per heavy atom. The highest BCUT2D eigenvalue weighted by Crippen LogP contribution is 2.10. The Balaban J connectivity index is 2.52. The smallest absolute Gasteiger partial charge is 0.155 e. The maximum absolute atomic E-state index is 9.07. The molecule has 0 radical (unpaired) electrons. The largest absolute Gasteiger partial charge is 0.393 e. The molecule has 1 aliphatic heterocycles. The van der Waals surface area contributed by atoms with E-state index in [1.54, 1.807) is 0 Å². The summed E-state index contributed by atoms with van der Waals surface area (Å²) in [5.74, 6) is 0. The number of rotatable bonds is 1. The molecule has 4 atom stereocenters. The van der Waals surface area contributed by atoms with Crippen molar-refractivity contribution in [3.05, 3.63) is 0 Å². The summed E-state index contributed by atoms with van der Waals surface area (Å²) in [6.45, 7) is -0.419. The molecule has 0 saturated carbocycles. The van der Waals surface area contributed by atoms with Gasteiger partial charge in [0.1, 0.15) is 18.3 Å². The maximum Gasteiger partial charge on any atom is 0.155 e. The van der Waals surface area contributed by atoms with E-state index in [9.17, 15) is 0 Å². The lowest BCUT2D eigenvalue weighted by Gasteiger charge is -2.34. The SMILES string of the molecule is OCC1ONC(O)C(O)C1O. The minimum Gasteiger partial charge on any atom is -0.393 e. The Morgan fingerprint density at radius 3 is 2.36 bits per heavy atom. The molecule has 1 aliphatic rings. The molecular formula is C5H11NO5. The van der Waals surface area contributed by atoms with Crippen LogP contribution in [0.3, 0.4) is 0 Å². The quantitative estimate of drug-likeness (QED) is 0.282. The van der Waals surface area contributed by atoms with Gasteiger partial charge in [-0.2, -0.15) is 5.48 Å². The van der Waals surface area contributed by atoms with Gasteiger partial charge < -0.3 is 20.4 Å². The van der Waals surface area contributed by atoms with Gasteiger partial charge in [-0.05, 0) is 0 Å². The Bertz CT molecular complexity index is 130. The first-order chi connectivity index (χ1) is 5.16. The van der Waals surface area contributed by atoms with Crippen molar-refractivity contribution < 1.29 is 25.3 Å². The van der Waals surface area contributed by atoms with E-state index in [1.807, 2.05) is 5.48 Å². The molecule has 0 spiro atoms. The number of hydrogen-bond donors (Lipinski definition) is 5. The zero-order valence-corrected chi connectivity index (χ0v) is 5.71. The van der Waals surface area contributed by atoms with Crippen LogP contribution in [0, 0.1) is 0 Å². The third-order valence-corrected chi connectivity index (χ3v) is 1.57. The average Bonchev–Trinajstić information content (AvgIpc) is 2.01. The van der Waals surface area contributed by atoms with Crippen LogP contribution >= 0.6 is 0 Å². The van der Waals surface area contributed by atoms with Gasteiger partial charge in [-0.1, -0.05) is 0 Å². The van der Waals surface area contributed by atoms with Gasteiger partial charge >= 0.3 is 0 Å². The molecule has 0 aromatic heterocycles. The molecule has 0 bridgehead atoms. The summed E-state index contributed by atoms with van der Waals surface area (Å²) in [6, 6.07) is 0. The first-order valence-electron chi connectivity index (χ1n) is 3.23. The van der Waals surface area contributed by atoms with Crippen molar-refractivity contribution in [1.29, 1.82) is 0 Å². The summed E-state index contributed by atoms with van der Waals surface area (Å²) < 4.78 is 0. The van der Waals surface area contributed by atoms with Crippen LogP contribution in [0.1, 0.15) is 0 Å². The summed E-state index contributed by atoms with van der Waals surface area (Å²) in [4.78, 5) is 4.56. The van der Waals surface area contributed by atoms with Crippen LogP contribution in [0.25, 0.3) is 0 Å². The summed E-state index contributed by atoms with van der Waals surface area (Å²) in [5.41, 5.74) is 2.05. The fourth-order valence-corrected chi connectivity index (χ4v) is 0.848. The molecule has 11 heavy (non-hydrogen) atoms. The predicted molar refractivity (Wildman–Crippen MR) is 33.1 cm³/mol. The van der Waals surface area contributed by atoms with Crippen molar-refractivity contribution >= 4 is 0 Å². The summed E-state index contributed by atoms with van der Waals surface area (Å²) in [7, 11) is 0. The Labute approximate surface area is 63.0 Å². The number of aliphatic hydroxyl groups is 4. The van der Waals surface area contributed by atoms with E-state index in [0.29, 0.717) is 0 Å². The van der Waals surface area contributed by atoms with Crippen LogP contribution in [-0.4, -0.2) is 51.6 Å². The van der Waals surface area contributed by atoms with Crippen LogP contribution in [0.2, 0.25) is 0 Å². The summed E-state index contributed by atoms with van der Waals surface area (Å²) in [5, 5.41) is 35.4. The molecule has 0 aliphatic carbocycles. The minimum atomic E-state index is -1.33. The van der Waals surface area contributed by atoms with Gasteiger partial charge in [-0.15, -0.1) is 0 Å². The number of hydroxylamine groups is 1. The molecule has 66 valence electrons. The molecule has 1 rings (SSSR count). The van der Waals surface area contributed by atoms with Crippen LogP contribution in [0.5, 0.6) is 0 Å². The lowest BCUT2D eigenvalue weighted by Crippen LogP contribution is -2.59.